The number of amides is 1. The van der Waals surface area contributed by atoms with Crippen LogP contribution in [0.3, 0.4) is 0 Å². The predicted octanol–water partition coefficient (Wildman–Crippen LogP) is 3.73. The molecule has 0 aromatic heterocycles. The minimum absolute atomic E-state index is 0.250. The third-order valence-corrected chi connectivity index (χ3v) is 3.29. The van der Waals surface area contributed by atoms with E-state index < -0.39 is 6.10 Å². The molecule has 0 saturated carbocycles. The van der Waals surface area contributed by atoms with Crippen LogP contribution in [0.4, 0.5) is 5.69 Å². The molecular formula is C16H13BrN2O2. The van der Waals surface area contributed by atoms with E-state index in [0.29, 0.717) is 17.0 Å². The van der Waals surface area contributed by atoms with Crippen molar-refractivity contribution in [3.63, 3.8) is 0 Å². The van der Waals surface area contributed by atoms with Crippen molar-refractivity contribution in [1.29, 1.82) is 5.26 Å². The van der Waals surface area contributed by atoms with Gasteiger partial charge in [0.25, 0.3) is 5.91 Å². The highest BCUT2D eigenvalue weighted by Gasteiger charge is 2.15. The van der Waals surface area contributed by atoms with Crippen molar-refractivity contribution < 1.29 is 9.53 Å². The maximum Gasteiger partial charge on any atom is 0.265 e. The van der Waals surface area contributed by atoms with Crippen LogP contribution in [0, 0.1) is 11.3 Å². The zero-order chi connectivity index (χ0) is 15.2. The number of carbonyl (C=O) groups is 1. The van der Waals surface area contributed by atoms with Gasteiger partial charge in [0.15, 0.2) is 6.10 Å². The molecule has 1 atom stereocenters. The maximum absolute atomic E-state index is 12.0. The molecule has 0 aliphatic carbocycles. The van der Waals surface area contributed by atoms with Crippen molar-refractivity contribution in [3.05, 3.63) is 58.6 Å². The molecule has 0 spiro atoms. The predicted molar refractivity (Wildman–Crippen MR) is 84.0 cm³/mol. The summed E-state index contributed by atoms with van der Waals surface area (Å²) in [6, 6.07) is 16.0. The van der Waals surface area contributed by atoms with Crippen LogP contribution in [-0.2, 0) is 4.79 Å². The van der Waals surface area contributed by atoms with Gasteiger partial charge in [-0.15, -0.1) is 0 Å². The van der Waals surface area contributed by atoms with E-state index in [4.69, 9.17) is 10.00 Å². The lowest BCUT2D eigenvalue weighted by molar-refractivity contribution is -0.122. The van der Waals surface area contributed by atoms with Gasteiger partial charge in [-0.05, 0) is 49.4 Å². The molecule has 2 aromatic carbocycles. The number of nitriles is 1. The molecule has 0 bridgehead atoms. The average Bonchev–Trinajstić information content (AvgIpc) is 2.49. The Labute approximate surface area is 131 Å². The van der Waals surface area contributed by atoms with Crippen LogP contribution in [0.2, 0.25) is 0 Å². The summed E-state index contributed by atoms with van der Waals surface area (Å²) in [4.78, 5) is 12.0. The summed E-state index contributed by atoms with van der Waals surface area (Å²) in [5.74, 6) is 0.243. The van der Waals surface area contributed by atoms with Gasteiger partial charge in [0.1, 0.15) is 5.75 Å². The van der Waals surface area contributed by atoms with E-state index in [1.165, 1.54) is 0 Å². The number of hydrogen-bond donors (Lipinski definition) is 1. The summed E-state index contributed by atoms with van der Waals surface area (Å²) in [5.41, 5.74) is 1.19. The van der Waals surface area contributed by atoms with Crippen LogP contribution in [0.1, 0.15) is 12.5 Å². The Kier molecular flexibility index (Phi) is 4.96. The molecule has 2 rings (SSSR count). The Morgan fingerprint density at radius 2 is 2.00 bits per heavy atom. The highest BCUT2D eigenvalue weighted by Crippen LogP contribution is 2.17. The highest BCUT2D eigenvalue weighted by atomic mass is 79.9. The van der Waals surface area contributed by atoms with Crippen LogP contribution in [-0.4, -0.2) is 12.0 Å². The average molecular weight is 345 g/mol. The molecule has 5 heteroatoms. The van der Waals surface area contributed by atoms with Gasteiger partial charge in [-0.1, -0.05) is 22.0 Å². The van der Waals surface area contributed by atoms with Gasteiger partial charge in [0, 0.05) is 10.2 Å². The fourth-order valence-corrected chi connectivity index (χ4v) is 1.94. The first-order valence-corrected chi connectivity index (χ1v) is 7.11. The van der Waals surface area contributed by atoms with Crippen molar-refractivity contribution in [3.8, 4) is 11.8 Å². The van der Waals surface area contributed by atoms with E-state index >= 15 is 0 Å². The van der Waals surface area contributed by atoms with E-state index in [9.17, 15) is 4.79 Å². The zero-order valence-corrected chi connectivity index (χ0v) is 12.9. The van der Waals surface area contributed by atoms with Gasteiger partial charge >= 0.3 is 0 Å². The maximum atomic E-state index is 12.0. The fourth-order valence-electron chi connectivity index (χ4n) is 1.67. The number of carbonyl (C=O) groups excluding carboxylic acids is 1. The van der Waals surface area contributed by atoms with Crippen LogP contribution in [0.15, 0.2) is 53.0 Å². The standard InChI is InChI=1S/C16H13BrN2O2/c1-11(21-15-4-2-3-12(9-15)10-18)16(20)19-14-7-5-13(17)6-8-14/h2-9,11H,1H3,(H,19,20)/t11-/m1/s1. The van der Waals surface area contributed by atoms with Crippen molar-refractivity contribution in [2.24, 2.45) is 0 Å². The van der Waals surface area contributed by atoms with E-state index in [0.717, 1.165) is 4.47 Å². The summed E-state index contributed by atoms with van der Waals surface area (Å²) in [5, 5.41) is 11.6. The van der Waals surface area contributed by atoms with Crippen LogP contribution >= 0.6 is 15.9 Å². The molecule has 0 unspecified atom stereocenters. The minimum atomic E-state index is -0.664. The topological polar surface area (TPSA) is 62.1 Å². The SMILES string of the molecule is C[C@@H](Oc1cccc(C#N)c1)C(=O)Nc1ccc(Br)cc1. The van der Waals surface area contributed by atoms with Crippen molar-refractivity contribution in [2.75, 3.05) is 5.32 Å². The lowest BCUT2D eigenvalue weighted by Gasteiger charge is -2.15. The summed E-state index contributed by atoms with van der Waals surface area (Å²) in [6.45, 7) is 1.66. The van der Waals surface area contributed by atoms with Gasteiger partial charge in [-0.3, -0.25) is 4.79 Å². The fraction of sp³-hybridized carbons (Fsp3) is 0.125. The summed E-state index contributed by atoms with van der Waals surface area (Å²) >= 11 is 3.33. The van der Waals surface area contributed by atoms with Crippen molar-refractivity contribution in [1.82, 2.24) is 0 Å². The number of benzene rings is 2. The zero-order valence-electron chi connectivity index (χ0n) is 11.3. The second-order valence-corrected chi connectivity index (χ2v) is 5.31. The number of nitrogens with one attached hydrogen (secondary N) is 1. The number of ether oxygens (including phenoxy) is 1. The number of hydrogen-bond acceptors (Lipinski definition) is 3. The molecule has 106 valence electrons. The molecule has 0 aliphatic heterocycles. The Hall–Kier alpha value is -2.32. The second kappa shape index (κ2) is 6.91. The third-order valence-electron chi connectivity index (χ3n) is 2.76. The van der Waals surface area contributed by atoms with E-state index in [2.05, 4.69) is 21.2 Å². The third kappa shape index (κ3) is 4.33. The molecule has 0 fully saturated rings. The summed E-state index contributed by atoms with van der Waals surface area (Å²) in [7, 11) is 0. The smallest absolute Gasteiger partial charge is 0.265 e. The van der Waals surface area contributed by atoms with Crippen LogP contribution < -0.4 is 10.1 Å². The molecule has 4 nitrogen and oxygen atoms in total. The second-order valence-electron chi connectivity index (χ2n) is 4.40. The van der Waals surface area contributed by atoms with Gasteiger partial charge in [0.2, 0.25) is 0 Å². The Balaban J connectivity index is 1.99. The first-order chi connectivity index (χ1) is 10.1. The first-order valence-electron chi connectivity index (χ1n) is 6.32. The normalized spacial score (nSPS) is 11.3. The number of halogens is 1. The molecule has 0 radical (unpaired) electrons. The van der Waals surface area contributed by atoms with E-state index in [1.807, 2.05) is 18.2 Å². The molecule has 0 aliphatic rings. The largest absolute Gasteiger partial charge is 0.481 e. The molecule has 2 aromatic rings. The van der Waals surface area contributed by atoms with Gasteiger partial charge in [0.05, 0.1) is 11.6 Å². The summed E-state index contributed by atoms with van der Waals surface area (Å²) < 4.78 is 6.48. The Bertz CT molecular complexity index is 677. The van der Waals surface area contributed by atoms with Gasteiger partial charge in [-0.2, -0.15) is 5.26 Å². The Morgan fingerprint density at radius 1 is 1.29 bits per heavy atom. The lowest BCUT2D eigenvalue weighted by Crippen LogP contribution is -2.30. The molecule has 0 saturated heterocycles. The van der Waals surface area contributed by atoms with Crippen LogP contribution in [0.5, 0.6) is 5.75 Å². The molecule has 1 N–H and O–H groups in total. The molecular weight excluding hydrogens is 332 g/mol. The van der Waals surface area contributed by atoms with Crippen molar-refractivity contribution in [2.45, 2.75) is 13.0 Å². The molecule has 21 heavy (non-hydrogen) atoms. The number of anilines is 1. The van der Waals surface area contributed by atoms with E-state index in [1.54, 1.807) is 43.3 Å². The van der Waals surface area contributed by atoms with Crippen molar-refractivity contribution >= 4 is 27.5 Å². The number of nitrogens with zero attached hydrogens (tertiary/aromatic N) is 1. The molecule has 1 amide bonds. The minimum Gasteiger partial charge on any atom is -0.481 e. The highest BCUT2D eigenvalue weighted by molar-refractivity contribution is 9.10. The molecule has 0 heterocycles. The first kappa shape index (κ1) is 15.1. The quantitative estimate of drug-likeness (QED) is 0.919. The van der Waals surface area contributed by atoms with E-state index in [-0.39, 0.29) is 5.91 Å². The van der Waals surface area contributed by atoms with Crippen LogP contribution in [0.25, 0.3) is 0 Å². The van der Waals surface area contributed by atoms with Gasteiger partial charge in [-0.25, -0.2) is 0 Å². The summed E-state index contributed by atoms with van der Waals surface area (Å²) in [6.07, 6.45) is -0.664. The monoisotopic (exact) mass is 344 g/mol. The number of rotatable bonds is 4. The Morgan fingerprint density at radius 3 is 2.67 bits per heavy atom. The lowest BCUT2D eigenvalue weighted by atomic mass is 10.2. The van der Waals surface area contributed by atoms with Gasteiger partial charge < -0.3 is 10.1 Å².